The number of unbranched alkanes of at least 4 members (excludes halogenated alkanes) is 1. The normalized spacial score (nSPS) is 27.2. The molecule has 1 aliphatic heterocycles. The van der Waals surface area contributed by atoms with Crippen LogP contribution in [0.1, 0.15) is 26.7 Å². The molecule has 0 saturated carbocycles. The van der Waals surface area contributed by atoms with Crippen LogP contribution in [0.2, 0.25) is 5.02 Å². The molecule has 1 fully saturated rings. The molecule has 1 aromatic carbocycles. The molecule has 3 rings (SSSR count). The van der Waals surface area contributed by atoms with Gasteiger partial charge in [-0.3, -0.25) is 14.4 Å². The number of ether oxygens (including phenoxy) is 1. The Hall–Kier alpha value is -2.38. The number of benzene rings is 1. The smallest absolute Gasteiger partial charge is 0.310 e. The number of likely N-dealkylation sites (tertiary alicyclic amines) is 1. The van der Waals surface area contributed by atoms with E-state index in [0.717, 1.165) is 0 Å². The van der Waals surface area contributed by atoms with Crippen molar-refractivity contribution in [2.75, 3.05) is 25.1 Å². The van der Waals surface area contributed by atoms with Crippen LogP contribution in [0.15, 0.2) is 36.4 Å². The average Bonchev–Trinajstić information content (AvgIpc) is 3.02. The lowest BCUT2D eigenvalue weighted by atomic mass is 9.70. The van der Waals surface area contributed by atoms with E-state index in [-0.39, 0.29) is 30.9 Å². The highest BCUT2D eigenvalue weighted by molar-refractivity contribution is 6.33. The van der Waals surface area contributed by atoms with Gasteiger partial charge in [-0.2, -0.15) is 0 Å². The highest BCUT2D eigenvalue weighted by Crippen LogP contribution is 2.44. The molecule has 0 radical (unpaired) electrons. The number of rotatable bonds is 8. The molecule has 0 spiro atoms. The number of halogens is 1. The first-order valence-corrected chi connectivity index (χ1v) is 11.1. The molecule has 1 aromatic rings. The first kappa shape index (κ1) is 23.3. The largest absolute Gasteiger partial charge is 0.466 e. The van der Waals surface area contributed by atoms with E-state index in [1.165, 1.54) is 0 Å². The number of esters is 1. The van der Waals surface area contributed by atoms with Crippen molar-refractivity contribution in [1.29, 1.82) is 0 Å². The van der Waals surface area contributed by atoms with Gasteiger partial charge in [0.05, 0.1) is 29.2 Å². The van der Waals surface area contributed by atoms with E-state index >= 15 is 0 Å². The average molecular weight is 449 g/mol. The number of allylic oxidation sites excluding steroid dienone is 1. The Morgan fingerprint density at radius 1 is 1.23 bits per heavy atom. The number of carbonyl (C=O) groups is 3. The van der Waals surface area contributed by atoms with Gasteiger partial charge in [-0.1, -0.05) is 42.8 Å². The van der Waals surface area contributed by atoms with Gasteiger partial charge in [-0.15, -0.1) is 0 Å². The van der Waals surface area contributed by atoms with E-state index in [0.29, 0.717) is 30.1 Å². The minimum absolute atomic E-state index is 0.00770. The van der Waals surface area contributed by atoms with E-state index in [1.807, 2.05) is 19.1 Å². The molecule has 0 unspecified atom stereocenters. The molecule has 168 valence electrons. The number of anilines is 1. The number of nitrogens with one attached hydrogen (secondary N) is 1. The number of hydrogen-bond acceptors (Lipinski definition) is 5. The summed E-state index contributed by atoms with van der Waals surface area (Å²) in [4.78, 5) is 41.0. The first-order valence-electron chi connectivity index (χ1n) is 10.7. The number of hydrogen-bond donors (Lipinski definition) is 2. The standard InChI is InChI=1S/C23H29ClN2O5/c1-3-31-23(30)18-14(2)10-11-15-19(18)22(29)26(12-6-7-13-27)20(15)21(28)25-17-9-5-4-8-16(17)24/h4-5,8-11,14-15,18-20,27H,3,6-7,12-13H2,1-2H3,(H,25,28)/t14-,15+,18-,19-,20+/m1/s1. The lowest BCUT2D eigenvalue weighted by Crippen LogP contribution is -2.44. The summed E-state index contributed by atoms with van der Waals surface area (Å²) >= 11 is 6.20. The summed E-state index contributed by atoms with van der Waals surface area (Å²) in [5.41, 5.74) is 0.468. The molecule has 2 N–H and O–H groups in total. The fourth-order valence-corrected chi connectivity index (χ4v) is 4.78. The van der Waals surface area contributed by atoms with Crippen LogP contribution in [0.25, 0.3) is 0 Å². The molecule has 2 aliphatic rings. The van der Waals surface area contributed by atoms with Gasteiger partial charge in [-0.05, 0) is 37.8 Å². The topological polar surface area (TPSA) is 95.9 Å². The SMILES string of the molecule is CCOC(=O)[C@H]1[C@@H]2C(=O)N(CCCCO)[C@H](C(=O)Nc3ccccc3Cl)[C@H]2C=C[C@H]1C. The van der Waals surface area contributed by atoms with Gasteiger partial charge in [0.2, 0.25) is 11.8 Å². The van der Waals surface area contributed by atoms with Crippen LogP contribution in [0.3, 0.4) is 0 Å². The molecular weight excluding hydrogens is 420 g/mol. The Balaban J connectivity index is 1.93. The Morgan fingerprint density at radius 2 is 1.97 bits per heavy atom. The van der Waals surface area contributed by atoms with E-state index in [9.17, 15) is 14.4 Å². The molecule has 1 saturated heterocycles. The zero-order valence-electron chi connectivity index (χ0n) is 17.8. The number of aliphatic hydroxyl groups excluding tert-OH is 1. The van der Waals surface area contributed by atoms with Crippen molar-refractivity contribution >= 4 is 35.1 Å². The predicted octanol–water partition coefficient (Wildman–Crippen LogP) is 2.88. The van der Waals surface area contributed by atoms with Crippen LogP contribution < -0.4 is 5.32 Å². The van der Waals surface area contributed by atoms with Crippen molar-refractivity contribution < 1.29 is 24.2 Å². The molecule has 1 heterocycles. The van der Waals surface area contributed by atoms with Gasteiger partial charge in [-0.25, -0.2) is 0 Å². The Bertz CT molecular complexity index is 858. The van der Waals surface area contributed by atoms with Crippen LogP contribution in [-0.4, -0.2) is 53.6 Å². The van der Waals surface area contributed by atoms with E-state index in [4.69, 9.17) is 21.4 Å². The third-order valence-electron chi connectivity index (χ3n) is 6.04. The second-order valence-corrected chi connectivity index (χ2v) is 8.41. The van der Waals surface area contributed by atoms with Gasteiger partial charge in [0.25, 0.3) is 0 Å². The first-order chi connectivity index (χ1) is 14.9. The molecule has 2 amide bonds. The summed E-state index contributed by atoms with van der Waals surface area (Å²) in [5, 5.41) is 12.4. The van der Waals surface area contributed by atoms with Gasteiger partial charge >= 0.3 is 5.97 Å². The summed E-state index contributed by atoms with van der Waals surface area (Å²) < 4.78 is 5.25. The maximum Gasteiger partial charge on any atom is 0.310 e. The summed E-state index contributed by atoms with van der Waals surface area (Å²) in [6, 6.07) is 6.14. The van der Waals surface area contributed by atoms with Crippen molar-refractivity contribution in [3.8, 4) is 0 Å². The van der Waals surface area contributed by atoms with Gasteiger partial charge < -0.3 is 20.1 Å². The summed E-state index contributed by atoms with van der Waals surface area (Å²) in [6.45, 7) is 4.18. The van der Waals surface area contributed by atoms with E-state index in [1.54, 1.807) is 36.1 Å². The van der Waals surface area contributed by atoms with Crippen LogP contribution in [0.5, 0.6) is 0 Å². The predicted molar refractivity (Wildman–Crippen MR) is 117 cm³/mol. The summed E-state index contributed by atoms with van der Waals surface area (Å²) in [5.74, 6) is -2.90. The van der Waals surface area contributed by atoms with E-state index < -0.39 is 29.8 Å². The Morgan fingerprint density at radius 3 is 2.65 bits per heavy atom. The van der Waals surface area contributed by atoms with Crippen molar-refractivity contribution in [2.24, 2.45) is 23.7 Å². The van der Waals surface area contributed by atoms with Crippen LogP contribution in [0, 0.1) is 23.7 Å². The van der Waals surface area contributed by atoms with Crippen molar-refractivity contribution in [3.63, 3.8) is 0 Å². The number of aliphatic hydroxyl groups is 1. The summed E-state index contributed by atoms with van der Waals surface area (Å²) in [6.07, 6.45) is 4.85. The molecule has 8 heteroatoms. The molecular formula is C23H29ClN2O5. The summed E-state index contributed by atoms with van der Waals surface area (Å²) in [7, 11) is 0. The van der Waals surface area contributed by atoms with Crippen molar-refractivity contribution in [3.05, 3.63) is 41.4 Å². The van der Waals surface area contributed by atoms with Crippen LogP contribution >= 0.6 is 11.6 Å². The Labute approximate surface area is 187 Å². The number of carbonyl (C=O) groups excluding carboxylic acids is 3. The third kappa shape index (κ3) is 4.77. The number of fused-ring (bicyclic) bond motifs is 1. The monoisotopic (exact) mass is 448 g/mol. The lowest BCUT2D eigenvalue weighted by Gasteiger charge is -2.32. The molecule has 5 atom stereocenters. The van der Waals surface area contributed by atoms with Crippen LogP contribution in [-0.2, 0) is 19.1 Å². The zero-order valence-corrected chi connectivity index (χ0v) is 18.5. The molecule has 1 aliphatic carbocycles. The number of amides is 2. The highest BCUT2D eigenvalue weighted by Gasteiger charge is 2.56. The maximum absolute atomic E-state index is 13.4. The van der Waals surface area contributed by atoms with Crippen molar-refractivity contribution in [1.82, 2.24) is 4.90 Å². The molecule has 31 heavy (non-hydrogen) atoms. The molecule has 7 nitrogen and oxygen atoms in total. The van der Waals surface area contributed by atoms with Crippen molar-refractivity contribution in [2.45, 2.75) is 32.7 Å². The fourth-order valence-electron chi connectivity index (χ4n) is 4.59. The number of para-hydroxylation sites is 1. The lowest BCUT2D eigenvalue weighted by molar-refractivity contribution is -0.155. The third-order valence-corrected chi connectivity index (χ3v) is 6.37. The number of nitrogens with zero attached hydrogens (tertiary/aromatic N) is 1. The Kier molecular flexibility index (Phi) is 7.73. The van der Waals surface area contributed by atoms with E-state index in [2.05, 4.69) is 5.32 Å². The maximum atomic E-state index is 13.4. The van der Waals surface area contributed by atoms with Gasteiger partial charge in [0, 0.05) is 19.1 Å². The van der Waals surface area contributed by atoms with Gasteiger partial charge in [0.1, 0.15) is 6.04 Å². The van der Waals surface area contributed by atoms with Crippen LogP contribution in [0.4, 0.5) is 5.69 Å². The zero-order chi connectivity index (χ0) is 22.5. The van der Waals surface area contributed by atoms with Gasteiger partial charge in [0.15, 0.2) is 0 Å². The second kappa shape index (κ2) is 10.3. The second-order valence-electron chi connectivity index (χ2n) is 8.00. The quantitative estimate of drug-likeness (QED) is 0.362. The molecule has 0 aromatic heterocycles. The minimum atomic E-state index is -0.770. The highest BCUT2D eigenvalue weighted by atomic mass is 35.5. The fraction of sp³-hybridized carbons (Fsp3) is 0.522. The minimum Gasteiger partial charge on any atom is -0.466 e. The molecule has 0 bridgehead atoms.